The summed E-state index contributed by atoms with van der Waals surface area (Å²) in [5.74, 6) is 0.765. The Kier molecular flexibility index (Phi) is 7.26. The Morgan fingerprint density at radius 3 is 2.14 bits per heavy atom. The smallest absolute Gasteiger partial charge is 0.0619 e. The van der Waals surface area contributed by atoms with E-state index in [2.05, 4.69) is 20.8 Å². The van der Waals surface area contributed by atoms with Crippen molar-refractivity contribution in [1.82, 2.24) is 0 Å². The van der Waals surface area contributed by atoms with Crippen LogP contribution in [0.15, 0.2) is 0 Å². The van der Waals surface area contributed by atoms with Gasteiger partial charge in [0.15, 0.2) is 0 Å². The highest BCUT2D eigenvalue weighted by atomic mass is 16.3. The third-order valence-corrected chi connectivity index (χ3v) is 2.82. The molecule has 86 valence electrons. The lowest BCUT2D eigenvalue weighted by atomic mass is 9.91. The van der Waals surface area contributed by atoms with Crippen molar-refractivity contribution in [1.29, 1.82) is 0 Å². The summed E-state index contributed by atoms with van der Waals surface area (Å²) in [5.41, 5.74) is -0.413. The van der Waals surface area contributed by atoms with Crippen LogP contribution in [0.1, 0.15) is 72.6 Å². The Morgan fingerprint density at radius 2 is 1.64 bits per heavy atom. The highest BCUT2D eigenvalue weighted by Gasteiger charge is 2.18. The maximum Gasteiger partial charge on any atom is 0.0619 e. The van der Waals surface area contributed by atoms with Crippen molar-refractivity contribution >= 4 is 0 Å². The molecule has 0 aromatic heterocycles. The van der Waals surface area contributed by atoms with Gasteiger partial charge in [-0.25, -0.2) is 0 Å². The van der Waals surface area contributed by atoms with E-state index < -0.39 is 5.60 Å². The summed E-state index contributed by atoms with van der Waals surface area (Å²) in [6.45, 7) is 8.67. The second kappa shape index (κ2) is 7.28. The molecule has 0 bridgehead atoms. The molecule has 0 saturated carbocycles. The van der Waals surface area contributed by atoms with E-state index in [4.69, 9.17) is 0 Å². The van der Waals surface area contributed by atoms with Crippen LogP contribution in [-0.4, -0.2) is 10.7 Å². The zero-order valence-corrected chi connectivity index (χ0v) is 10.5. The molecular formula is C13H28O. The van der Waals surface area contributed by atoms with E-state index in [1.807, 2.05) is 6.92 Å². The fraction of sp³-hybridized carbons (Fsp3) is 1.00. The molecule has 0 aromatic rings. The molecule has 0 aliphatic rings. The molecule has 0 rings (SSSR count). The zero-order chi connectivity index (χ0) is 11.0. The topological polar surface area (TPSA) is 20.2 Å². The van der Waals surface area contributed by atoms with Crippen molar-refractivity contribution in [2.45, 2.75) is 78.2 Å². The first-order chi connectivity index (χ1) is 6.48. The normalized spacial score (nSPS) is 15.9. The van der Waals surface area contributed by atoms with Crippen molar-refractivity contribution in [3.8, 4) is 0 Å². The molecule has 1 unspecified atom stereocenters. The maximum atomic E-state index is 10.1. The van der Waals surface area contributed by atoms with E-state index in [1.165, 1.54) is 25.7 Å². The number of hydrogen-bond donors (Lipinski definition) is 1. The van der Waals surface area contributed by atoms with Gasteiger partial charge < -0.3 is 5.11 Å². The molecule has 0 aliphatic heterocycles. The molecule has 0 fully saturated rings. The van der Waals surface area contributed by atoms with Crippen LogP contribution in [0.2, 0.25) is 0 Å². The molecule has 0 aliphatic carbocycles. The Bertz CT molecular complexity index is 127. The SMILES string of the molecule is CCCCCC(C)(O)CCCC(C)C. The Hall–Kier alpha value is -0.0400. The average molecular weight is 200 g/mol. The zero-order valence-electron chi connectivity index (χ0n) is 10.5. The van der Waals surface area contributed by atoms with Gasteiger partial charge in [-0.3, -0.25) is 0 Å². The number of aliphatic hydroxyl groups is 1. The second-order valence-electron chi connectivity index (χ2n) is 5.24. The van der Waals surface area contributed by atoms with Crippen LogP contribution in [-0.2, 0) is 0 Å². The number of unbranched alkanes of at least 4 members (excludes halogenated alkanes) is 2. The fourth-order valence-corrected chi connectivity index (χ4v) is 1.77. The maximum absolute atomic E-state index is 10.1. The molecule has 0 amide bonds. The minimum absolute atomic E-state index is 0.413. The molecule has 1 N–H and O–H groups in total. The monoisotopic (exact) mass is 200 g/mol. The lowest BCUT2D eigenvalue weighted by molar-refractivity contribution is 0.0361. The van der Waals surface area contributed by atoms with Gasteiger partial charge in [0.25, 0.3) is 0 Å². The Balaban J connectivity index is 3.50. The number of hydrogen-bond acceptors (Lipinski definition) is 1. The average Bonchev–Trinajstić information content (AvgIpc) is 2.03. The third-order valence-electron chi connectivity index (χ3n) is 2.82. The van der Waals surface area contributed by atoms with Gasteiger partial charge in [0, 0.05) is 0 Å². The summed E-state index contributed by atoms with van der Waals surface area (Å²) < 4.78 is 0. The van der Waals surface area contributed by atoms with Crippen LogP contribution in [0.25, 0.3) is 0 Å². The van der Waals surface area contributed by atoms with Crippen molar-refractivity contribution in [2.75, 3.05) is 0 Å². The second-order valence-corrected chi connectivity index (χ2v) is 5.24. The predicted octanol–water partition coefficient (Wildman–Crippen LogP) is 4.14. The van der Waals surface area contributed by atoms with E-state index >= 15 is 0 Å². The van der Waals surface area contributed by atoms with Crippen LogP contribution in [0.5, 0.6) is 0 Å². The van der Waals surface area contributed by atoms with E-state index in [9.17, 15) is 5.11 Å². The van der Waals surface area contributed by atoms with Crippen LogP contribution in [0.3, 0.4) is 0 Å². The summed E-state index contributed by atoms with van der Waals surface area (Å²) in [6, 6.07) is 0. The Morgan fingerprint density at radius 1 is 1.07 bits per heavy atom. The number of rotatable bonds is 8. The van der Waals surface area contributed by atoms with Gasteiger partial charge in [-0.1, -0.05) is 52.9 Å². The molecule has 1 nitrogen and oxygen atoms in total. The fourth-order valence-electron chi connectivity index (χ4n) is 1.77. The van der Waals surface area contributed by atoms with Gasteiger partial charge in [-0.05, 0) is 25.7 Å². The first-order valence-corrected chi connectivity index (χ1v) is 6.20. The molecule has 0 radical (unpaired) electrons. The van der Waals surface area contributed by atoms with E-state index in [0.29, 0.717) is 0 Å². The van der Waals surface area contributed by atoms with Gasteiger partial charge in [0.2, 0.25) is 0 Å². The third kappa shape index (κ3) is 8.55. The van der Waals surface area contributed by atoms with Crippen LogP contribution in [0, 0.1) is 5.92 Å². The van der Waals surface area contributed by atoms with Crippen LogP contribution in [0.4, 0.5) is 0 Å². The predicted molar refractivity (Wildman–Crippen MR) is 63.5 cm³/mol. The minimum atomic E-state index is -0.413. The lowest BCUT2D eigenvalue weighted by Crippen LogP contribution is -2.23. The molecule has 0 saturated heterocycles. The summed E-state index contributed by atoms with van der Waals surface area (Å²) in [6.07, 6.45) is 8.00. The molecule has 0 heterocycles. The van der Waals surface area contributed by atoms with Gasteiger partial charge in [-0.15, -0.1) is 0 Å². The van der Waals surface area contributed by atoms with Crippen LogP contribution >= 0.6 is 0 Å². The van der Waals surface area contributed by atoms with E-state index in [0.717, 1.165) is 25.2 Å². The lowest BCUT2D eigenvalue weighted by Gasteiger charge is -2.23. The van der Waals surface area contributed by atoms with E-state index in [1.54, 1.807) is 0 Å². The first kappa shape index (κ1) is 14.0. The van der Waals surface area contributed by atoms with Crippen molar-refractivity contribution in [3.05, 3.63) is 0 Å². The summed E-state index contributed by atoms with van der Waals surface area (Å²) >= 11 is 0. The molecule has 14 heavy (non-hydrogen) atoms. The first-order valence-electron chi connectivity index (χ1n) is 6.20. The minimum Gasteiger partial charge on any atom is -0.390 e. The van der Waals surface area contributed by atoms with Gasteiger partial charge in [-0.2, -0.15) is 0 Å². The quantitative estimate of drug-likeness (QED) is 0.584. The van der Waals surface area contributed by atoms with Crippen LogP contribution < -0.4 is 0 Å². The van der Waals surface area contributed by atoms with Crippen molar-refractivity contribution in [2.24, 2.45) is 5.92 Å². The van der Waals surface area contributed by atoms with Gasteiger partial charge >= 0.3 is 0 Å². The summed E-state index contributed by atoms with van der Waals surface area (Å²) in [4.78, 5) is 0. The highest BCUT2D eigenvalue weighted by molar-refractivity contribution is 4.72. The van der Waals surface area contributed by atoms with Gasteiger partial charge in [0.1, 0.15) is 0 Å². The van der Waals surface area contributed by atoms with Gasteiger partial charge in [0.05, 0.1) is 5.60 Å². The summed E-state index contributed by atoms with van der Waals surface area (Å²) in [5, 5.41) is 10.1. The van der Waals surface area contributed by atoms with Crippen molar-refractivity contribution in [3.63, 3.8) is 0 Å². The van der Waals surface area contributed by atoms with E-state index in [-0.39, 0.29) is 0 Å². The molecule has 1 heteroatoms. The highest BCUT2D eigenvalue weighted by Crippen LogP contribution is 2.22. The molecule has 0 spiro atoms. The largest absolute Gasteiger partial charge is 0.390 e. The Labute approximate surface area is 89.9 Å². The molecule has 1 atom stereocenters. The molecule has 0 aromatic carbocycles. The molecular weight excluding hydrogens is 172 g/mol. The summed E-state index contributed by atoms with van der Waals surface area (Å²) in [7, 11) is 0. The van der Waals surface area contributed by atoms with Crippen molar-refractivity contribution < 1.29 is 5.11 Å². The standard InChI is InChI=1S/C13H28O/c1-5-6-7-10-13(4,14)11-8-9-12(2)3/h12,14H,5-11H2,1-4H3.